The van der Waals surface area contributed by atoms with Gasteiger partial charge >= 0.3 is 0 Å². The number of nitriles is 1. The van der Waals surface area contributed by atoms with Crippen LogP contribution in [0, 0.1) is 29.1 Å². The van der Waals surface area contributed by atoms with E-state index in [0.29, 0.717) is 42.0 Å². The number of aromatic hydroxyl groups is 1. The summed E-state index contributed by atoms with van der Waals surface area (Å²) in [6.45, 7) is 6.78. The van der Waals surface area contributed by atoms with Gasteiger partial charge in [0.25, 0.3) is 5.91 Å². The van der Waals surface area contributed by atoms with Crippen molar-refractivity contribution in [1.29, 1.82) is 5.26 Å². The average molecular weight is 784 g/mol. The molecule has 302 valence electrons. The average Bonchev–Trinajstić information content (AvgIpc) is 3.25. The predicted molar refractivity (Wildman–Crippen MR) is 223 cm³/mol. The first-order chi connectivity index (χ1) is 28.4. The van der Waals surface area contributed by atoms with Gasteiger partial charge in [-0.1, -0.05) is 72.6 Å². The van der Waals surface area contributed by atoms with Gasteiger partial charge in [-0.2, -0.15) is 5.26 Å². The number of carbonyl (C=O) groups is 1. The molecule has 2 aliphatic carbocycles. The number of rotatable bonds is 17. The van der Waals surface area contributed by atoms with Crippen LogP contribution in [-0.2, 0) is 16.1 Å². The van der Waals surface area contributed by atoms with Crippen LogP contribution >= 0.6 is 0 Å². The number of oxime groups is 1. The van der Waals surface area contributed by atoms with Crippen LogP contribution in [0.15, 0.2) is 114 Å². The molecule has 0 bridgehead atoms. The van der Waals surface area contributed by atoms with E-state index in [1.165, 1.54) is 0 Å². The van der Waals surface area contributed by atoms with Crippen LogP contribution in [-0.4, -0.2) is 70.1 Å². The number of allylic oxidation sites excluding steroid dienone is 1. The van der Waals surface area contributed by atoms with Crippen LogP contribution in [0.4, 0.5) is 0 Å². The van der Waals surface area contributed by atoms with E-state index in [0.717, 1.165) is 53.2 Å². The summed E-state index contributed by atoms with van der Waals surface area (Å²) in [5.74, 6) is -1.69. The smallest absolute Gasteiger partial charge is 0.254 e. The highest BCUT2D eigenvalue weighted by molar-refractivity contribution is 6.03. The van der Waals surface area contributed by atoms with Gasteiger partial charge in [-0.15, -0.1) is 6.58 Å². The summed E-state index contributed by atoms with van der Waals surface area (Å²) in [5.41, 5.74) is 4.28. The van der Waals surface area contributed by atoms with E-state index in [1.807, 2.05) is 36.1 Å². The minimum absolute atomic E-state index is 0.0305. The first-order valence-electron chi connectivity index (χ1n) is 20.5. The van der Waals surface area contributed by atoms with Crippen LogP contribution in [0.3, 0.4) is 0 Å². The number of phenols is 1. The molecule has 10 heteroatoms. The highest BCUT2D eigenvalue weighted by Gasteiger charge is 2.65. The first-order valence-corrected chi connectivity index (χ1v) is 20.5. The van der Waals surface area contributed by atoms with E-state index < -0.39 is 17.7 Å². The van der Waals surface area contributed by atoms with Crippen molar-refractivity contribution in [2.45, 2.75) is 76.2 Å². The van der Waals surface area contributed by atoms with Crippen LogP contribution < -0.4 is 4.74 Å². The van der Waals surface area contributed by atoms with Gasteiger partial charge in [0.05, 0.1) is 29.9 Å². The van der Waals surface area contributed by atoms with Crippen molar-refractivity contribution in [3.05, 3.63) is 131 Å². The molecule has 1 fully saturated rings. The van der Waals surface area contributed by atoms with Crippen molar-refractivity contribution < 1.29 is 34.4 Å². The topological polar surface area (TPSA) is 145 Å². The van der Waals surface area contributed by atoms with Crippen molar-refractivity contribution in [2.75, 3.05) is 26.4 Å². The van der Waals surface area contributed by atoms with Crippen LogP contribution in [0.5, 0.6) is 11.5 Å². The Labute approximate surface area is 340 Å². The number of unbranched alkanes of at least 4 members (excludes halogenated alkanes) is 2. The second-order valence-electron chi connectivity index (χ2n) is 15.5. The zero-order valence-electron chi connectivity index (χ0n) is 33.1. The molecule has 4 aromatic rings. The van der Waals surface area contributed by atoms with E-state index in [2.05, 4.69) is 36.9 Å². The van der Waals surface area contributed by atoms with E-state index >= 15 is 4.79 Å². The summed E-state index contributed by atoms with van der Waals surface area (Å²) in [7, 11) is 0. The molecule has 0 saturated heterocycles. The second kappa shape index (κ2) is 18.4. The summed E-state index contributed by atoms with van der Waals surface area (Å²) in [5, 5.41) is 47.2. The first kappa shape index (κ1) is 40.7. The minimum atomic E-state index is -1.46. The molecule has 7 rings (SSSR count). The highest BCUT2D eigenvalue weighted by atomic mass is 16.7. The minimum Gasteiger partial charge on any atom is -0.508 e. The standard InChI is InChI=1S/C48H53N3O7/c1-3-26-56-48-44(51(47(55)34-20-18-32(30-49)19-21-34)31-36-15-11-14-33-12-5-6-16-38(33)36)29-42(50-57-4-2)40-27-35(13-7-9-24-52)39(17-8-10-25-53)45(46(40)48)41-28-37(54)22-23-43(41)58-48/h3,5-6,11-12,14-16,18-23,27-28,35,39,44-46,52-54H,1,4,7-10,13,17,24-26,29,31H2,2H3. The van der Waals surface area contributed by atoms with Crippen LogP contribution in [0.2, 0.25) is 0 Å². The predicted octanol–water partition coefficient (Wildman–Crippen LogP) is 8.41. The second-order valence-corrected chi connectivity index (χ2v) is 15.5. The summed E-state index contributed by atoms with van der Waals surface area (Å²) < 4.78 is 14.4. The Hall–Kier alpha value is -5.47. The number of aliphatic hydroxyl groups excluding tert-OH is 2. The molecule has 58 heavy (non-hydrogen) atoms. The number of benzene rings is 4. The molecule has 0 radical (unpaired) electrons. The molecule has 0 spiro atoms. The van der Waals surface area contributed by atoms with Crippen molar-refractivity contribution in [1.82, 2.24) is 4.90 Å². The van der Waals surface area contributed by atoms with Crippen molar-refractivity contribution in [2.24, 2.45) is 22.9 Å². The molecule has 3 aliphatic rings. The Morgan fingerprint density at radius 1 is 1.02 bits per heavy atom. The third kappa shape index (κ3) is 7.99. The molecule has 3 N–H and O–H groups in total. The molecule has 0 aromatic heterocycles. The van der Waals surface area contributed by atoms with Gasteiger partial charge in [-0.05, 0) is 109 Å². The van der Waals surface area contributed by atoms with E-state index in [-0.39, 0.29) is 62.2 Å². The molecular formula is C48H53N3O7. The lowest BCUT2D eigenvalue weighted by Gasteiger charge is -2.60. The van der Waals surface area contributed by atoms with E-state index in [4.69, 9.17) is 19.5 Å². The quantitative estimate of drug-likeness (QED) is 0.0550. The van der Waals surface area contributed by atoms with Gasteiger partial charge < -0.3 is 34.5 Å². The molecule has 10 nitrogen and oxygen atoms in total. The molecule has 6 unspecified atom stereocenters. The maximum absolute atomic E-state index is 15.3. The van der Waals surface area contributed by atoms with E-state index in [1.54, 1.807) is 48.5 Å². The van der Waals surface area contributed by atoms with Crippen molar-refractivity contribution >= 4 is 22.4 Å². The third-order valence-electron chi connectivity index (χ3n) is 12.1. The van der Waals surface area contributed by atoms with Crippen LogP contribution in [0.25, 0.3) is 10.8 Å². The molecule has 1 aliphatic heterocycles. The Balaban J connectivity index is 1.49. The summed E-state index contributed by atoms with van der Waals surface area (Å²) >= 11 is 0. The molecule has 1 heterocycles. The van der Waals surface area contributed by atoms with Crippen molar-refractivity contribution in [3.63, 3.8) is 0 Å². The van der Waals surface area contributed by atoms with Gasteiger partial charge in [0.15, 0.2) is 0 Å². The molecule has 6 atom stereocenters. The SMILES string of the molecule is C=CCOC12Oc3ccc(O)cc3C3C(CCCCO)C(CCCCO)C=C(C(=NOCC)CC1N(Cc1cccc4ccccc14)C(=O)c1ccc(C#N)cc1)C32. The number of fused-ring (bicyclic) bond motifs is 3. The summed E-state index contributed by atoms with van der Waals surface area (Å²) in [6, 6.07) is 27.5. The lowest BCUT2D eigenvalue weighted by molar-refractivity contribution is -0.255. The third-order valence-corrected chi connectivity index (χ3v) is 12.1. The zero-order chi connectivity index (χ0) is 40.6. The Morgan fingerprint density at radius 2 is 1.78 bits per heavy atom. The lowest BCUT2D eigenvalue weighted by Crippen LogP contribution is -2.70. The molecular weight excluding hydrogens is 731 g/mol. The maximum atomic E-state index is 15.3. The Morgan fingerprint density at radius 3 is 2.52 bits per heavy atom. The number of phenolic OH excluding ortho intramolecular Hbond substituents is 1. The fourth-order valence-corrected chi connectivity index (χ4v) is 9.59. The lowest BCUT2D eigenvalue weighted by atomic mass is 9.55. The fourth-order valence-electron chi connectivity index (χ4n) is 9.59. The monoisotopic (exact) mass is 783 g/mol. The summed E-state index contributed by atoms with van der Waals surface area (Å²) in [4.78, 5) is 23.0. The Kier molecular flexibility index (Phi) is 12.9. The van der Waals surface area contributed by atoms with Gasteiger partial charge in [0.2, 0.25) is 5.79 Å². The van der Waals surface area contributed by atoms with Crippen molar-refractivity contribution in [3.8, 4) is 17.6 Å². The largest absolute Gasteiger partial charge is 0.508 e. The molecule has 4 aromatic carbocycles. The van der Waals surface area contributed by atoms with Gasteiger partial charge in [-0.25, -0.2) is 0 Å². The normalized spacial score (nSPS) is 23.9. The fraction of sp³-hybridized carbons (Fsp3) is 0.396. The number of hydrogen-bond donors (Lipinski definition) is 3. The highest BCUT2D eigenvalue weighted by Crippen LogP contribution is 2.62. The maximum Gasteiger partial charge on any atom is 0.254 e. The molecule has 1 amide bonds. The number of amides is 1. The number of nitrogens with zero attached hydrogens (tertiary/aromatic N) is 3. The molecule has 1 saturated carbocycles. The zero-order valence-corrected chi connectivity index (χ0v) is 33.1. The number of ether oxygens (including phenoxy) is 2. The van der Waals surface area contributed by atoms with Crippen LogP contribution in [0.1, 0.15) is 84.8 Å². The number of aliphatic hydroxyl groups is 2. The Bertz CT molecular complexity index is 2190. The number of carbonyl (C=O) groups excluding carboxylic acids is 1. The summed E-state index contributed by atoms with van der Waals surface area (Å²) in [6.07, 6.45) is 8.77. The van der Waals surface area contributed by atoms with Gasteiger partial charge in [0, 0.05) is 43.2 Å². The van der Waals surface area contributed by atoms with Gasteiger partial charge in [-0.3, -0.25) is 4.79 Å². The number of hydrogen-bond acceptors (Lipinski definition) is 9. The van der Waals surface area contributed by atoms with E-state index in [9.17, 15) is 20.6 Å². The van der Waals surface area contributed by atoms with Gasteiger partial charge in [0.1, 0.15) is 24.1 Å².